The van der Waals surface area contributed by atoms with Crippen molar-refractivity contribution in [1.82, 2.24) is 9.78 Å². The Kier molecular flexibility index (Phi) is 3.83. The fraction of sp³-hybridized carbons (Fsp3) is 0.250. The maximum atomic E-state index is 12.9. The van der Waals surface area contributed by atoms with Gasteiger partial charge in [-0.15, -0.1) is 0 Å². The van der Waals surface area contributed by atoms with Crippen LogP contribution in [-0.4, -0.2) is 21.8 Å². The number of halogens is 3. The minimum absolute atomic E-state index is 0.0130. The Morgan fingerprint density at radius 2 is 2.10 bits per heavy atom. The van der Waals surface area contributed by atoms with E-state index < -0.39 is 16.7 Å². The molecule has 0 fully saturated rings. The highest BCUT2D eigenvalue weighted by atomic mass is 19.4. The van der Waals surface area contributed by atoms with Gasteiger partial charge in [-0.05, 0) is 22.6 Å². The molecule has 0 unspecified atom stereocenters. The molecule has 0 aliphatic rings. The van der Waals surface area contributed by atoms with Crippen LogP contribution in [0.3, 0.4) is 0 Å². The van der Waals surface area contributed by atoms with Crippen LogP contribution in [0.5, 0.6) is 5.75 Å². The molecular formula is C12H10F3N3O3. The Balaban J connectivity index is 2.30. The van der Waals surface area contributed by atoms with E-state index >= 15 is 0 Å². The van der Waals surface area contributed by atoms with Crippen LogP contribution >= 0.6 is 0 Å². The minimum Gasteiger partial charge on any atom is -0.496 e. The Morgan fingerprint density at radius 3 is 2.62 bits per heavy atom. The van der Waals surface area contributed by atoms with E-state index in [9.17, 15) is 23.3 Å². The number of rotatable bonds is 4. The number of ether oxygens (including phenoxy) is 1. The zero-order valence-corrected chi connectivity index (χ0v) is 10.8. The van der Waals surface area contributed by atoms with E-state index in [0.717, 1.165) is 13.2 Å². The lowest BCUT2D eigenvalue weighted by Crippen LogP contribution is -2.09. The topological polar surface area (TPSA) is 70.2 Å². The molecule has 1 aromatic carbocycles. The fourth-order valence-corrected chi connectivity index (χ4v) is 1.80. The third-order valence-electron chi connectivity index (χ3n) is 2.73. The SMILES string of the molecule is COc1ccc(Cn2ccc([N+](=O)[O-])n2)cc1C(F)(F)F. The van der Waals surface area contributed by atoms with Crippen LogP contribution in [0.25, 0.3) is 0 Å². The standard InChI is InChI=1S/C12H10F3N3O3/c1-21-10-3-2-8(6-9(10)12(13,14)15)7-17-5-4-11(16-17)18(19)20/h2-6H,7H2,1H3. The third-order valence-corrected chi connectivity index (χ3v) is 2.73. The first-order chi connectivity index (χ1) is 9.81. The zero-order valence-electron chi connectivity index (χ0n) is 10.8. The number of hydrogen-bond donors (Lipinski definition) is 0. The minimum atomic E-state index is -4.54. The number of hydrogen-bond acceptors (Lipinski definition) is 4. The fourth-order valence-electron chi connectivity index (χ4n) is 1.80. The van der Waals surface area contributed by atoms with Gasteiger partial charge in [-0.25, -0.2) is 0 Å². The number of methoxy groups -OCH3 is 1. The van der Waals surface area contributed by atoms with Gasteiger partial charge in [-0.1, -0.05) is 6.07 Å². The lowest BCUT2D eigenvalue weighted by atomic mass is 10.1. The Hall–Kier alpha value is -2.58. The van der Waals surface area contributed by atoms with Crippen molar-refractivity contribution in [3.8, 4) is 5.75 Å². The van der Waals surface area contributed by atoms with Gasteiger partial charge in [0.2, 0.25) is 0 Å². The molecule has 0 radical (unpaired) electrons. The summed E-state index contributed by atoms with van der Waals surface area (Å²) in [5, 5.41) is 14.1. The molecule has 0 bridgehead atoms. The number of alkyl halides is 3. The van der Waals surface area contributed by atoms with E-state index in [4.69, 9.17) is 0 Å². The maximum Gasteiger partial charge on any atom is 0.419 e. The molecule has 2 rings (SSSR count). The molecule has 21 heavy (non-hydrogen) atoms. The van der Waals surface area contributed by atoms with Crippen LogP contribution in [-0.2, 0) is 12.7 Å². The van der Waals surface area contributed by atoms with Crippen LogP contribution in [0.2, 0.25) is 0 Å². The molecule has 0 saturated carbocycles. The molecule has 6 nitrogen and oxygen atoms in total. The normalized spacial score (nSPS) is 11.4. The average molecular weight is 301 g/mol. The van der Waals surface area contributed by atoms with Crippen LogP contribution in [0, 0.1) is 10.1 Å². The predicted octanol–water partition coefficient (Wildman–Crippen LogP) is 2.87. The highest BCUT2D eigenvalue weighted by Gasteiger charge is 2.34. The molecule has 0 atom stereocenters. The lowest BCUT2D eigenvalue weighted by molar-refractivity contribution is -0.389. The molecule has 2 aromatic rings. The summed E-state index contributed by atoms with van der Waals surface area (Å²) in [6.45, 7) is -0.0130. The molecule has 0 amide bonds. The van der Waals surface area contributed by atoms with Gasteiger partial charge in [-0.3, -0.25) is 0 Å². The highest BCUT2D eigenvalue weighted by Crippen LogP contribution is 2.36. The summed E-state index contributed by atoms with van der Waals surface area (Å²) in [7, 11) is 1.15. The number of benzene rings is 1. The van der Waals surface area contributed by atoms with Gasteiger partial charge in [0.15, 0.2) is 0 Å². The van der Waals surface area contributed by atoms with E-state index in [1.165, 1.54) is 29.1 Å². The predicted molar refractivity (Wildman–Crippen MR) is 66.0 cm³/mol. The van der Waals surface area contributed by atoms with Crippen LogP contribution < -0.4 is 4.74 Å². The summed E-state index contributed by atoms with van der Waals surface area (Å²) in [5.41, 5.74) is -0.592. The van der Waals surface area contributed by atoms with E-state index in [0.29, 0.717) is 5.56 Å². The van der Waals surface area contributed by atoms with Crippen molar-refractivity contribution < 1.29 is 22.8 Å². The van der Waals surface area contributed by atoms with Gasteiger partial charge in [-0.2, -0.15) is 17.9 Å². The van der Waals surface area contributed by atoms with Crippen molar-refractivity contribution in [3.05, 3.63) is 51.7 Å². The Bertz CT molecular complexity index is 667. The summed E-state index contributed by atoms with van der Waals surface area (Å²) in [4.78, 5) is 9.83. The monoisotopic (exact) mass is 301 g/mol. The van der Waals surface area contributed by atoms with Crippen molar-refractivity contribution in [2.75, 3.05) is 7.11 Å². The van der Waals surface area contributed by atoms with Crippen molar-refractivity contribution in [1.29, 1.82) is 0 Å². The first-order valence-electron chi connectivity index (χ1n) is 5.73. The van der Waals surface area contributed by atoms with Crippen LogP contribution in [0.4, 0.5) is 19.0 Å². The molecule has 0 spiro atoms. The van der Waals surface area contributed by atoms with E-state index in [1.54, 1.807) is 0 Å². The van der Waals surface area contributed by atoms with Gasteiger partial charge >= 0.3 is 12.0 Å². The largest absolute Gasteiger partial charge is 0.496 e. The molecule has 9 heteroatoms. The molecule has 0 aliphatic heterocycles. The smallest absolute Gasteiger partial charge is 0.419 e. The van der Waals surface area contributed by atoms with Gasteiger partial charge in [0.25, 0.3) is 0 Å². The van der Waals surface area contributed by atoms with E-state index in [1.807, 2.05) is 0 Å². The summed E-state index contributed by atoms with van der Waals surface area (Å²) in [6.07, 6.45) is -3.22. The van der Waals surface area contributed by atoms with Crippen LogP contribution in [0.15, 0.2) is 30.5 Å². The molecule has 112 valence electrons. The summed E-state index contributed by atoms with van der Waals surface area (Å²) in [6, 6.07) is 4.76. The second-order valence-electron chi connectivity index (χ2n) is 4.16. The summed E-state index contributed by atoms with van der Waals surface area (Å²) in [5.74, 6) is -0.641. The molecular weight excluding hydrogens is 291 g/mol. The van der Waals surface area contributed by atoms with Gasteiger partial charge in [0, 0.05) is 0 Å². The van der Waals surface area contributed by atoms with Gasteiger partial charge in [0.1, 0.15) is 5.75 Å². The number of nitrogens with zero attached hydrogens (tertiary/aromatic N) is 3. The molecule has 1 aromatic heterocycles. The maximum absolute atomic E-state index is 12.9. The first-order valence-corrected chi connectivity index (χ1v) is 5.73. The number of nitro groups is 1. The zero-order chi connectivity index (χ0) is 15.6. The Labute approximate surface area is 116 Å². The van der Waals surface area contributed by atoms with Gasteiger partial charge in [0.05, 0.1) is 36.6 Å². The molecule has 0 N–H and O–H groups in total. The van der Waals surface area contributed by atoms with Crippen molar-refractivity contribution in [2.24, 2.45) is 0 Å². The van der Waals surface area contributed by atoms with E-state index in [-0.39, 0.29) is 18.1 Å². The lowest BCUT2D eigenvalue weighted by Gasteiger charge is -2.13. The van der Waals surface area contributed by atoms with E-state index in [2.05, 4.69) is 9.84 Å². The summed E-state index contributed by atoms with van der Waals surface area (Å²) < 4.78 is 44.5. The summed E-state index contributed by atoms with van der Waals surface area (Å²) >= 11 is 0. The second kappa shape index (κ2) is 5.43. The van der Waals surface area contributed by atoms with Crippen LogP contribution in [0.1, 0.15) is 11.1 Å². The third kappa shape index (κ3) is 3.30. The second-order valence-corrected chi connectivity index (χ2v) is 4.16. The highest BCUT2D eigenvalue weighted by molar-refractivity contribution is 5.39. The Morgan fingerprint density at radius 1 is 1.38 bits per heavy atom. The quantitative estimate of drug-likeness (QED) is 0.643. The first kappa shape index (κ1) is 14.8. The van der Waals surface area contributed by atoms with Crippen molar-refractivity contribution in [3.63, 3.8) is 0 Å². The molecule has 1 heterocycles. The van der Waals surface area contributed by atoms with Gasteiger partial charge < -0.3 is 14.9 Å². The average Bonchev–Trinajstić information content (AvgIpc) is 2.86. The van der Waals surface area contributed by atoms with Crippen molar-refractivity contribution in [2.45, 2.75) is 12.7 Å². The number of aromatic nitrogens is 2. The molecule has 0 aliphatic carbocycles. The van der Waals surface area contributed by atoms with Crippen molar-refractivity contribution >= 4 is 5.82 Å². The molecule has 0 saturated heterocycles.